The van der Waals surface area contributed by atoms with Crippen molar-refractivity contribution < 1.29 is 14.3 Å². The molecule has 1 aromatic heterocycles. The highest BCUT2D eigenvalue weighted by atomic mass is 32.1. The molecule has 2 aromatic carbocycles. The van der Waals surface area contributed by atoms with E-state index in [1.54, 1.807) is 53.8 Å². The van der Waals surface area contributed by atoms with Crippen LogP contribution in [0.1, 0.15) is 29.1 Å². The SMILES string of the molecule is CC(C)C(=O)Nc1cccc(NC(=O)c2cccc(OCc3cccs3)c2)c1. The summed E-state index contributed by atoms with van der Waals surface area (Å²) >= 11 is 1.63. The maximum absolute atomic E-state index is 12.6. The van der Waals surface area contributed by atoms with Crippen molar-refractivity contribution in [2.75, 3.05) is 10.6 Å². The first-order valence-electron chi connectivity index (χ1n) is 8.99. The van der Waals surface area contributed by atoms with Crippen LogP contribution in [0.25, 0.3) is 0 Å². The van der Waals surface area contributed by atoms with Crippen LogP contribution >= 0.6 is 11.3 Å². The van der Waals surface area contributed by atoms with Crippen molar-refractivity contribution in [2.45, 2.75) is 20.5 Å². The third kappa shape index (κ3) is 5.44. The predicted octanol–water partition coefficient (Wildman–Crippen LogP) is 5.17. The molecular formula is C22H22N2O3S. The normalized spacial score (nSPS) is 10.5. The molecule has 28 heavy (non-hydrogen) atoms. The summed E-state index contributed by atoms with van der Waals surface area (Å²) in [5.41, 5.74) is 1.75. The molecule has 0 bridgehead atoms. The van der Waals surface area contributed by atoms with Gasteiger partial charge in [-0.1, -0.05) is 32.0 Å². The fraction of sp³-hybridized carbons (Fsp3) is 0.182. The Morgan fingerprint density at radius 1 is 0.964 bits per heavy atom. The summed E-state index contributed by atoms with van der Waals surface area (Å²) < 4.78 is 5.76. The number of carbonyl (C=O) groups is 2. The molecule has 1 heterocycles. The smallest absolute Gasteiger partial charge is 0.255 e. The van der Waals surface area contributed by atoms with E-state index < -0.39 is 0 Å². The fourth-order valence-corrected chi connectivity index (χ4v) is 3.06. The van der Waals surface area contributed by atoms with Crippen molar-refractivity contribution in [3.63, 3.8) is 0 Å². The first-order chi connectivity index (χ1) is 13.5. The van der Waals surface area contributed by atoms with Gasteiger partial charge in [-0.05, 0) is 47.8 Å². The van der Waals surface area contributed by atoms with Crippen LogP contribution in [-0.2, 0) is 11.4 Å². The molecule has 0 saturated heterocycles. The van der Waals surface area contributed by atoms with E-state index in [1.165, 1.54) is 0 Å². The second-order valence-electron chi connectivity index (χ2n) is 6.57. The summed E-state index contributed by atoms with van der Waals surface area (Å²) in [7, 11) is 0. The number of nitrogens with one attached hydrogen (secondary N) is 2. The molecule has 0 radical (unpaired) electrons. The van der Waals surface area contributed by atoms with Crippen LogP contribution in [0, 0.1) is 5.92 Å². The van der Waals surface area contributed by atoms with Crippen molar-refractivity contribution in [1.29, 1.82) is 0 Å². The average Bonchev–Trinajstić information content (AvgIpc) is 3.20. The number of hydrogen-bond acceptors (Lipinski definition) is 4. The Balaban J connectivity index is 1.64. The van der Waals surface area contributed by atoms with Crippen LogP contribution in [0.4, 0.5) is 11.4 Å². The third-order valence-corrected chi connectivity index (χ3v) is 4.82. The van der Waals surface area contributed by atoms with Gasteiger partial charge in [-0.15, -0.1) is 11.3 Å². The van der Waals surface area contributed by atoms with Gasteiger partial charge in [0.25, 0.3) is 5.91 Å². The van der Waals surface area contributed by atoms with Crippen molar-refractivity contribution >= 4 is 34.5 Å². The highest BCUT2D eigenvalue weighted by Crippen LogP contribution is 2.20. The number of ether oxygens (including phenoxy) is 1. The molecule has 6 heteroatoms. The molecule has 0 aliphatic carbocycles. The number of amides is 2. The number of carbonyl (C=O) groups excluding carboxylic acids is 2. The van der Waals surface area contributed by atoms with Crippen LogP contribution in [0.3, 0.4) is 0 Å². The van der Waals surface area contributed by atoms with Crippen LogP contribution in [0.15, 0.2) is 66.0 Å². The maximum Gasteiger partial charge on any atom is 0.255 e. The van der Waals surface area contributed by atoms with E-state index in [2.05, 4.69) is 10.6 Å². The number of benzene rings is 2. The molecule has 2 N–H and O–H groups in total. The molecule has 0 fully saturated rings. The molecular weight excluding hydrogens is 372 g/mol. The summed E-state index contributed by atoms with van der Waals surface area (Å²) in [5.74, 6) is 0.210. The highest BCUT2D eigenvalue weighted by molar-refractivity contribution is 7.09. The molecule has 0 aliphatic heterocycles. The molecule has 144 valence electrons. The lowest BCUT2D eigenvalue weighted by atomic mass is 10.2. The maximum atomic E-state index is 12.6. The van der Waals surface area contributed by atoms with Crippen LogP contribution in [0.2, 0.25) is 0 Å². The van der Waals surface area contributed by atoms with E-state index >= 15 is 0 Å². The fourth-order valence-electron chi connectivity index (χ4n) is 2.44. The van der Waals surface area contributed by atoms with Gasteiger partial charge in [0.2, 0.25) is 5.91 Å². The Hall–Kier alpha value is -3.12. The molecule has 2 amide bonds. The number of anilines is 2. The van der Waals surface area contributed by atoms with Gasteiger partial charge < -0.3 is 15.4 Å². The van der Waals surface area contributed by atoms with E-state index in [1.807, 2.05) is 37.4 Å². The predicted molar refractivity (Wildman–Crippen MR) is 113 cm³/mol. The lowest BCUT2D eigenvalue weighted by Gasteiger charge is -2.11. The van der Waals surface area contributed by atoms with E-state index in [4.69, 9.17) is 4.74 Å². The third-order valence-electron chi connectivity index (χ3n) is 3.97. The molecule has 0 aliphatic rings. The molecule has 0 saturated carbocycles. The van der Waals surface area contributed by atoms with Crippen molar-refractivity contribution in [2.24, 2.45) is 5.92 Å². The minimum atomic E-state index is -0.242. The Kier molecular flexibility index (Phi) is 6.45. The standard InChI is InChI=1S/C22H22N2O3S/c1-15(2)21(25)23-17-7-4-8-18(13-17)24-22(26)16-6-3-9-19(12-16)27-14-20-10-5-11-28-20/h3-13,15H,14H2,1-2H3,(H,23,25)(H,24,26). The number of hydrogen-bond donors (Lipinski definition) is 2. The average molecular weight is 394 g/mol. The molecule has 0 unspecified atom stereocenters. The minimum Gasteiger partial charge on any atom is -0.488 e. The summed E-state index contributed by atoms with van der Waals surface area (Å²) in [6.45, 7) is 4.13. The van der Waals surface area contributed by atoms with Gasteiger partial charge in [0.15, 0.2) is 0 Å². The number of thiophene rings is 1. The van der Waals surface area contributed by atoms with Gasteiger partial charge >= 0.3 is 0 Å². The van der Waals surface area contributed by atoms with E-state index in [9.17, 15) is 9.59 Å². The Labute approximate surface area is 168 Å². The van der Waals surface area contributed by atoms with Gasteiger partial charge in [-0.25, -0.2) is 0 Å². The minimum absolute atomic E-state index is 0.0703. The monoisotopic (exact) mass is 394 g/mol. The van der Waals surface area contributed by atoms with E-state index in [0.29, 0.717) is 29.3 Å². The lowest BCUT2D eigenvalue weighted by Crippen LogP contribution is -2.18. The van der Waals surface area contributed by atoms with Crippen molar-refractivity contribution in [3.8, 4) is 5.75 Å². The summed E-state index contributed by atoms with van der Waals surface area (Å²) in [5, 5.41) is 7.68. The summed E-state index contributed by atoms with van der Waals surface area (Å²) in [6.07, 6.45) is 0. The zero-order chi connectivity index (χ0) is 19.9. The van der Waals surface area contributed by atoms with Gasteiger partial charge in [0, 0.05) is 27.7 Å². The molecule has 5 nitrogen and oxygen atoms in total. The van der Waals surface area contributed by atoms with Crippen LogP contribution in [0.5, 0.6) is 5.75 Å². The van der Waals surface area contributed by atoms with Gasteiger partial charge in [0.1, 0.15) is 12.4 Å². The zero-order valence-electron chi connectivity index (χ0n) is 15.8. The Morgan fingerprint density at radius 2 is 1.71 bits per heavy atom. The lowest BCUT2D eigenvalue weighted by molar-refractivity contribution is -0.118. The summed E-state index contributed by atoms with van der Waals surface area (Å²) in [4.78, 5) is 25.5. The highest BCUT2D eigenvalue weighted by Gasteiger charge is 2.10. The van der Waals surface area contributed by atoms with Gasteiger partial charge in [-0.2, -0.15) is 0 Å². The Morgan fingerprint density at radius 3 is 2.43 bits per heavy atom. The van der Waals surface area contributed by atoms with Crippen molar-refractivity contribution in [1.82, 2.24) is 0 Å². The van der Waals surface area contributed by atoms with Gasteiger partial charge in [0.05, 0.1) is 0 Å². The van der Waals surface area contributed by atoms with Gasteiger partial charge in [-0.3, -0.25) is 9.59 Å². The number of rotatable bonds is 7. The van der Waals surface area contributed by atoms with E-state index in [0.717, 1.165) is 4.88 Å². The molecule has 3 rings (SSSR count). The molecule has 0 spiro atoms. The summed E-state index contributed by atoms with van der Waals surface area (Å²) in [6, 6.07) is 18.1. The van der Waals surface area contributed by atoms with Crippen molar-refractivity contribution in [3.05, 3.63) is 76.5 Å². The Bertz CT molecular complexity index is 952. The largest absolute Gasteiger partial charge is 0.488 e. The second-order valence-corrected chi connectivity index (χ2v) is 7.61. The zero-order valence-corrected chi connectivity index (χ0v) is 16.6. The molecule has 0 atom stereocenters. The van der Waals surface area contributed by atoms with Crippen LogP contribution in [-0.4, -0.2) is 11.8 Å². The quantitative estimate of drug-likeness (QED) is 0.581. The topological polar surface area (TPSA) is 67.4 Å². The van der Waals surface area contributed by atoms with E-state index in [-0.39, 0.29) is 17.7 Å². The van der Waals surface area contributed by atoms with Crippen LogP contribution < -0.4 is 15.4 Å². The first-order valence-corrected chi connectivity index (χ1v) is 9.87. The second kappa shape index (κ2) is 9.19. The molecule has 3 aromatic rings. The first kappa shape index (κ1) is 19.6.